The van der Waals surface area contributed by atoms with Gasteiger partial charge >= 0.3 is 0 Å². The van der Waals surface area contributed by atoms with Gasteiger partial charge in [-0.3, -0.25) is 0 Å². The molecular formula is C20H13FN2O4S4. The first-order valence-electron chi connectivity index (χ1n) is 8.64. The predicted octanol–water partition coefficient (Wildman–Crippen LogP) is 3.77. The zero-order chi connectivity index (χ0) is 22.2. The number of sulfonamides is 1. The lowest BCUT2D eigenvalue weighted by Gasteiger charge is -2.04. The minimum Gasteiger partial charge on any atom is -0.234 e. The Hall–Kier alpha value is -2.70. The zero-order valence-corrected chi connectivity index (χ0v) is 18.8. The van der Waals surface area contributed by atoms with E-state index in [-0.39, 0.29) is 14.8 Å². The molecule has 2 aromatic heterocycles. The fourth-order valence-corrected chi connectivity index (χ4v) is 6.27. The van der Waals surface area contributed by atoms with Crippen LogP contribution >= 0.6 is 22.7 Å². The summed E-state index contributed by atoms with van der Waals surface area (Å²) in [5.41, 5.74) is 1.68. The zero-order valence-electron chi connectivity index (χ0n) is 15.5. The normalized spacial score (nSPS) is 11.4. The highest BCUT2D eigenvalue weighted by Gasteiger charge is 2.21. The molecule has 4 rings (SSSR count). The highest BCUT2D eigenvalue weighted by molar-refractivity contribution is 7.89. The van der Waals surface area contributed by atoms with E-state index in [0.717, 1.165) is 11.3 Å². The van der Waals surface area contributed by atoms with Crippen LogP contribution in [0.5, 0.6) is 0 Å². The van der Waals surface area contributed by atoms with Crippen molar-refractivity contribution in [2.45, 2.75) is 4.90 Å². The van der Waals surface area contributed by atoms with Gasteiger partial charge in [-0.1, -0.05) is 18.2 Å². The Morgan fingerprint density at radius 3 is 2.16 bits per heavy atom. The topological polar surface area (TPSA) is 107 Å². The summed E-state index contributed by atoms with van der Waals surface area (Å²) in [6.07, 6.45) is 0. The lowest BCUT2D eigenvalue weighted by Crippen LogP contribution is -2.11. The fourth-order valence-electron chi connectivity index (χ4n) is 2.88. The number of primary sulfonamides is 1. The molecule has 0 saturated heterocycles. The number of thiazole rings is 1. The summed E-state index contributed by atoms with van der Waals surface area (Å²) in [7, 11) is -6.40. The number of aromatic nitrogens is 1. The molecule has 11 heteroatoms. The molecule has 158 valence electrons. The van der Waals surface area contributed by atoms with E-state index in [1.807, 2.05) is 0 Å². The van der Waals surface area contributed by atoms with E-state index in [4.69, 9.17) is 5.14 Å². The summed E-state index contributed by atoms with van der Waals surface area (Å²) in [4.78, 5) is 5.74. The first kappa shape index (κ1) is 21.5. The Bertz CT molecular complexity index is 1480. The van der Waals surface area contributed by atoms with Crippen LogP contribution in [0.1, 0.15) is 9.88 Å². The largest absolute Gasteiger partial charge is 0.238 e. The Kier molecular flexibility index (Phi) is 5.86. The van der Waals surface area contributed by atoms with E-state index in [0.29, 0.717) is 26.6 Å². The van der Waals surface area contributed by atoms with Crippen LogP contribution in [0.3, 0.4) is 0 Å². The fraction of sp³-hybridized carbons (Fsp3) is 0. The summed E-state index contributed by atoms with van der Waals surface area (Å²) in [5.74, 6) is -0.412. The Balaban J connectivity index is 1.93. The minimum absolute atomic E-state index is 0.0455. The second-order valence-electron chi connectivity index (χ2n) is 6.31. The molecule has 2 aromatic carbocycles. The maximum absolute atomic E-state index is 13.4. The number of nitrogens with two attached hydrogens (primary N) is 1. The second-order valence-corrected chi connectivity index (χ2v) is 10.7. The van der Waals surface area contributed by atoms with Gasteiger partial charge in [-0.25, -0.2) is 22.9 Å². The van der Waals surface area contributed by atoms with Crippen LogP contribution in [0.2, 0.25) is 0 Å². The Morgan fingerprint density at radius 1 is 0.968 bits per heavy atom. The summed E-state index contributed by atoms with van der Waals surface area (Å²) in [6, 6.07) is 15.0. The Morgan fingerprint density at radius 2 is 1.61 bits per heavy atom. The lowest BCUT2D eigenvalue weighted by atomic mass is 10.1. The van der Waals surface area contributed by atoms with Gasteiger partial charge in [0.1, 0.15) is 15.7 Å². The summed E-state index contributed by atoms with van der Waals surface area (Å²) in [6.45, 7) is 0. The number of rotatable bonds is 5. The highest BCUT2D eigenvalue weighted by Crippen LogP contribution is 2.38. The van der Waals surface area contributed by atoms with E-state index >= 15 is 0 Å². The van der Waals surface area contributed by atoms with E-state index in [1.54, 1.807) is 41.8 Å². The van der Waals surface area contributed by atoms with E-state index in [9.17, 15) is 21.2 Å². The van der Waals surface area contributed by atoms with Crippen molar-refractivity contribution in [3.63, 3.8) is 0 Å². The minimum atomic E-state index is -3.86. The molecular weight excluding hydrogens is 479 g/mol. The third-order valence-electron chi connectivity index (χ3n) is 4.30. The molecule has 0 unspecified atom stereocenters. The Labute approximate surface area is 187 Å². The number of nitrogens with zero attached hydrogens (tertiary/aromatic N) is 1. The van der Waals surface area contributed by atoms with Crippen molar-refractivity contribution in [2.24, 2.45) is 5.14 Å². The van der Waals surface area contributed by atoms with E-state index in [2.05, 4.69) is 4.98 Å². The molecule has 0 saturated carbocycles. The second kappa shape index (κ2) is 8.44. The smallest absolute Gasteiger partial charge is 0.234 e. The first-order chi connectivity index (χ1) is 14.7. The van der Waals surface area contributed by atoms with Crippen LogP contribution in [0.15, 0.2) is 70.9 Å². The maximum Gasteiger partial charge on any atom is 0.238 e. The van der Waals surface area contributed by atoms with Gasteiger partial charge in [-0.05, 0) is 53.4 Å². The van der Waals surface area contributed by atoms with Crippen LogP contribution in [0.4, 0.5) is 4.39 Å². The van der Waals surface area contributed by atoms with Crippen molar-refractivity contribution in [1.82, 2.24) is 4.98 Å². The molecule has 6 nitrogen and oxygen atoms in total. The first-order valence-corrected chi connectivity index (χ1v) is 13.0. The van der Waals surface area contributed by atoms with Crippen molar-refractivity contribution in [3.8, 4) is 21.7 Å². The van der Waals surface area contributed by atoms with Crippen LogP contribution < -0.4 is 5.14 Å². The molecule has 0 radical (unpaired) electrons. The summed E-state index contributed by atoms with van der Waals surface area (Å²) in [5, 5.41) is 7.21. The van der Waals surface area contributed by atoms with Crippen LogP contribution in [0.25, 0.3) is 21.7 Å². The van der Waals surface area contributed by atoms with Gasteiger partial charge in [0.2, 0.25) is 20.3 Å². The van der Waals surface area contributed by atoms with Crippen LogP contribution in [-0.4, -0.2) is 26.7 Å². The van der Waals surface area contributed by atoms with Gasteiger partial charge in [0.25, 0.3) is 0 Å². The van der Waals surface area contributed by atoms with Gasteiger partial charge in [0.05, 0.1) is 20.3 Å². The molecule has 0 spiro atoms. The van der Waals surface area contributed by atoms with E-state index < -0.39 is 26.1 Å². The van der Waals surface area contributed by atoms with Crippen molar-refractivity contribution in [2.75, 3.05) is 0 Å². The number of hydrogen-bond donors (Lipinski definition) is 1. The average Bonchev–Trinajstić information content (AvgIpc) is 3.39. The lowest BCUT2D eigenvalue weighted by molar-refractivity contribution is 0.597. The van der Waals surface area contributed by atoms with Crippen molar-refractivity contribution < 1.29 is 21.2 Å². The quantitative estimate of drug-likeness (QED) is 0.337. The molecule has 0 aliphatic rings. The van der Waals surface area contributed by atoms with E-state index in [1.165, 1.54) is 35.6 Å². The molecule has 0 atom stereocenters. The maximum atomic E-state index is 13.4. The molecule has 0 bridgehead atoms. The monoisotopic (exact) mass is 492 g/mol. The number of hydrogen-bond acceptors (Lipinski definition) is 7. The number of benzene rings is 2. The molecule has 31 heavy (non-hydrogen) atoms. The van der Waals surface area contributed by atoms with Gasteiger partial charge < -0.3 is 0 Å². The van der Waals surface area contributed by atoms with Gasteiger partial charge in [-0.15, -0.1) is 22.7 Å². The highest BCUT2D eigenvalue weighted by atomic mass is 32.2. The standard InChI is InChI=1S/C20H13FN2O4S4/c21-14-7-3-12(4-8-14)17-18(13-5-9-15(10-6-13)31(22,26)27)29-20(23-17)19(30(24)25)16-2-1-11-28-16/h1-11H,(H2,22,26,27). The molecule has 0 aliphatic heterocycles. The number of thiophene rings is 1. The van der Waals surface area contributed by atoms with Gasteiger partial charge in [0, 0.05) is 5.56 Å². The van der Waals surface area contributed by atoms with Crippen LogP contribution in [-0.2, 0) is 20.3 Å². The molecule has 0 amide bonds. The van der Waals surface area contributed by atoms with Gasteiger partial charge in [0.15, 0.2) is 0 Å². The van der Waals surface area contributed by atoms with Gasteiger partial charge in [-0.2, -0.15) is 8.42 Å². The third-order valence-corrected chi connectivity index (χ3v) is 8.24. The summed E-state index contributed by atoms with van der Waals surface area (Å²) < 4.78 is 60.6. The molecule has 2 N–H and O–H groups in total. The van der Waals surface area contributed by atoms with Crippen LogP contribution in [0, 0.1) is 5.82 Å². The number of halogens is 1. The predicted molar refractivity (Wildman–Crippen MR) is 121 cm³/mol. The molecule has 4 aromatic rings. The van der Waals surface area contributed by atoms with Crippen molar-refractivity contribution >= 4 is 47.9 Å². The van der Waals surface area contributed by atoms with Crippen molar-refractivity contribution in [1.29, 1.82) is 0 Å². The van der Waals surface area contributed by atoms with Crippen molar-refractivity contribution in [3.05, 3.63) is 81.7 Å². The molecule has 0 aliphatic carbocycles. The SMILES string of the molecule is NS(=O)(=O)c1ccc(-c2sc(C(c3cccs3)=S(=O)=O)nc2-c2ccc(F)cc2)cc1. The molecule has 0 fully saturated rings. The average molecular weight is 493 g/mol. The molecule has 2 heterocycles. The summed E-state index contributed by atoms with van der Waals surface area (Å²) >= 11 is 2.42. The third kappa shape index (κ3) is 4.50.